The molecule has 0 saturated heterocycles. The number of halogens is 3. The molecule has 7 nitrogen and oxygen atoms in total. The predicted molar refractivity (Wildman–Crippen MR) is 80.8 cm³/mol. The van der Waals surface area contributed by atoms with Crippen molar-refractivity contribution in [2.24, 2.45) is 0 Å². The van der Waals surface area contributed by atoms with E-state index < -0.39 is 24.6 Å². The lowest BCUT2D eigenvalue weighted by Crippen LogP contribution is -2.28. The van der Waals surface area contributed by atoms with Gasteiger partial charge in [0, 0.05) is 12.6 Å². The number of amides is 1. The summed E-state index contributed by atoms with van der Waals surface area (Å²) in [4.78, 5) is 27.1. The number of alkyl halides is 3. The minimum absolute atomic E-state index is 0.0571. The van der Waals surface area contributed by atoms with Crippen molar-refractivity contribution in [1.82, 2.24) is 9.88 Å². The Morgan fingerprint density at radius 1 is 1.32 bits per heavy atom. The predicted octanol–water partition coefficient (Wildman–Crippen LogP) is 2.36. The van der Waals surface area contributed by atoms with E-state index in [1.165, 1.54) is 4.90 Å². The van der Waals surface area contributed by atoms with Gasteiger partial charge in [-0.1, -0.05) is 13.3 Å². The van der Waals surface area contributed by atoms with Crippen LogP contribution in [0.2, 0.25) is 0 Å². The van der Waals surface area contributed by atoms with E-state index in [0.29, 0.717) is 13.0 Å². The molecule has 0 aliphatic rings. The second-order valence-electron chi connectivity index (χ2n) is 5.05. The summed E-state index contributed by atoms with van der Waals surface area (Å²) in [5.41, 5.74) is -0.314. The van der Waals surface area contributed by atoms with E-state index >= 15 is 0 Å². The summed E-state index contributed by atoms with van der Waals surface area (Å²) in [6.07, 6.45) is -2.20. The van der Waals surface area contributed by atoms with Crippen LogP contribution in [0.3, 0.4) is 0 Å². The largest absolute Gasteiger partial charge is 0.477 e. The molecule has 0 bridgehead atoms. The van der Waals surface area contributed by atoms with Crippen molar-refractivity contribution in [2.45, 2.75) is 25.9 Å². The monoisotopic (exact) mass is 364 g/mol. The normalized spacial score (nSPS) is 11.0. The Morgan fingerprint density at radius 2 is 2.04 bits per heavy atom. The third-order valence-electron chi connectivity index (χ3n) is 3.01. The van der Waals surface area contributed by atoms with Crippen LogP contribution in [0.4, 0.5) is 13.2 Å². The number of hydrogen-bond acceptors (Lipinski definition) is 5. The topological polar surface area (TPSA) is 89.0 Å². The Labute approximate surface area is 142 Å². The van der Waals surface area contributed by atoms with Crippen LogP contribution in [0, 0.1) is 0 Å². The van der Waals surface area contributed by atoms with Gasteiger partial charge in [-0.3, -0.25) is 4.79 Å². The maximum Gasteiger partial charge on any atom is 0.422 e. The number of aromatic carboxylic acids is 1. The van der Waals surface area contributed by atoms with Crippen molar-refractivity contribution in [3.05, 3.63) is 17.7 Å². The van der Waals surface area contributed by atoms with Gasteiger partial charge >= 0.3 is 12.1 Å². The van der Waals surface area contributed by atoms with Crippen molar-refractivity contribution < 1.29 is 37.3 Å². The molecule has 0 fully saturated rings. The number of unbranched alkanes of at least 4 members (excludes halogenated alkanes) is 1. The molecule has 10 heteroatoms. The van der Waals surface area contributed by atoms with Gasteiger partial charge in [-0.15, -0.1) is 0 Å². The second-order valence-corrected chi connectivity index (χ2v) is 5.05. The molecule has 140 valence electrons. The van der Waals surface area contributed by atoms with Crippen molar-refractivity contribution in [2.75, 3.05) is 26.3 Å². The van der Waals surface area contributed by atoms with Crippen LogP contribution in [0.1, 0.15) is 30.1 Å². The minimum atomic E-state index is -4.54. The van der Waals surface area contributed by atoms with E-state index in [1.54, 1.807) is 0 Å². The summed E-state index contributed by atoms with van der Waals surface area (Å²) < 4.78 is 46.2. The minimum Gasteiger partial charge on any atom is -0.477 e. The molecule has 1 rings (SSSR count). The highest BCUT2D eigenvalue weighted by Gasteiger charge is 2.29. The Bertz CT molecular complexity index is 581. The average Bonchev–Trinajstić information content (AvgIpc) is 2.55. The van der Waals surface area contributed by atoms with Gasteiger partial charge < -0.3 is 19.5 Å². The maximum absolute atomic E-state index is 12.2. The third kappa shape index (κ3) is 7.73. The van der Waals surface area contributed by atoms with Gasteiger partial charge in [0.15, 0.2) is 6.61 Å². The Kier molecular flexibility index (Phi) is 7.96. The van der Waals surface area contributed by atoms with E-state index in [4.69, 9.17) is 9.84 Å². The van der Waals surface area contributed by atoms with E-state index in [2.05, 4.69) is 9.72 Å². The van der Waals surface area contributed by atoms with Gasteiger partial charge in [0.2, 0.25) is 18.2 Å². The molecule has 1 aromatic heterocycles. The molecule has 1 aromatic rings. The average molecular weight is 364 g/mol. The lowest BCUT2D eigenvalue weighted by Gasteiger charge is -2.17. The quantitative estimate of drug-likeness (QED) is 0.607. The number of pyridine rings is 1. The first-order valence-corrected chi connectivity index (χ1v) is 7.53. The first-order valence-electron chi connectivity index (χ1n) is 7.53. The maximum atomic E-state index is 12.2. The van der Waals surface area contributed by atoms with Crippen LogP contribution < -0.4 is 9.47 Å². The summed E-state index contributed by atoms with van der Waals surface area (Å²) in [7, 11) is 0. The number of hydrogen-bond donors (Lipinski definition) is 1. The summed E-state index contributed by atoms with van der Waals surface area (Å²) in [6.45, 7) is 1.07. The summed E-state index contributed by atoms with van der Waals surface area (Å²) >= 11 is 0. The van der Waals surface area contributed by atoms with Crippen LogP contribution in [0.25, 0.3) is 0 Å². The number of nitrogens with zero attached hydrogens (tertiary/aromatic N) is 2. The molecule has 25 heavy (non-hydrogen) atoms. The molecule has 0 unspecified atom stereocenters. The number of carboxylic acid groups (broad SMARTS) is 1. The number of carbonyl (C=O) groups excluding carboxylic acids is 1. The molecule has 1 amide bonds. The number of carboxylic acids is 1. The Morgan fingerprint density at radius 3 is 2.60 bits per heavy atom. The molecule has 0 radical (unpaired) electrons. The van der Waals surface area contributed by atoms with Crippen molar-refractivity contribution >= 4 is 12.4 Å². The first kappa shape index (κ1) is 20.5. The molecule has 0 atom stereocenters. The van der Waals surface area contributed by atoms with Crippen molar-refractivity contribution in [3.63, 3.8) is 0 Å². The highest BCUT2D eigenvalue weighted by Crippen LogP contribution is 2.22. The molecule has 0 aromatic carbocycles. The number of rotatable bonds is 11. The molecule has 0 aliphatic heterocycles. The van der Waals surface area contributed by atoms with E-state index in [-0.39, 0.29) is 24.6 Å². The molecule has 0 spiro atoms. The molecular formula is C15H19F3N2O5. The van der Waals surface area contributed by atoms with Crippen molar-refractivity contribution in [3.8, 4) is 11.8 Å². The van der Waals surface area contributed by atoms with Crippen LogP contribution in [0.5, 0.6) is 11.8 Å². The fourth-order valence-corrected chi connectivity index (χ4v) is 1.77. The third-order valence-corrected chi connectivity index (χ3v) is 3.01. The standard InChI is InChI=1S/C15H19F3N2O5/c1-2-3-6-20(10-21)7-8-24-13-11(14(22)23)4-5-12(19-13)25-9-15(16,17)18/h4-5,10H,2-3,6-9H2,1H3,(H,22,23). The highest BCUT2D eigenvalue weighted by atomic mass is 19.4. The van der Waals surface area contributed by atoms with Gasteiger partial charge in [-0.2, -0.15) is 18.2 Å². The van der Waals surface area contributed by atoms with E-state index in [1.807, 2.05) is 6.92 Å². The fourth-order valence-electron chi connectivity index (χ4n) is 1.77. The van der Waals surface area contributed by atoms with Crippen molar-refractivity contribution in [1.29, 1.82) is 0 Å². The van der Waals surface area contributed by atoms with E-state index in [9.17, 15) is 22.8 Å². The molecule has 0 aliphatic carbocycles. The molecule has 1 heterocycles. The summed E-state index contributed by atoms with van der Waals surface area (Å²) in [6, 6.07) is 2.06. The van der Waals surface area contributed by atoms with Gasteiger partial charge in [-0.25, -0.2) is 4.79 Å². The van der Waals surface area contributed by atoms with Crippen LogP contribution in [0.15, 0.2) is 12.1 Å². The molecule has 1 N–H and O–H groups in total. The first-order chi connectivity index (χ1) is 11.8. The Hall–Kier alpha value is -2.52. The molecular weight excluding hydrogens is 345 g/mol. The van der Waals surface area contributed by atoms with Gasteiger partial charge in [0.05, 0.1) is 6.54 Å². The molecule has 0 saturated carbocycles. The Balaban J connectivity index is 2.74. The van der Waals surface area contributed by atoms with Gasteiger partial charge in [-0.05, 0) is 12.5 Å². The second kappa shape index (κ2) is 9.70. The smallest absolute Gasteiger partial charge is 0.422 e. The lowest BCUT2D eigenvalue weighted by atomic mass is 10.3. The summed E-state index contributed by atoms with van der Waals surface area (Å²) in [5.74, 6) is -2.12. The SMILES string of the molecule is CCCCN(C=O)CCOc1nc(OCC(F)(F)F)ccc1C(=O)O. The number of aromatic nitrogens is 1. The number of ether oxygens (including phenoxy) is 2. The zero-order valence-corrected chi connectivity index (χ0v) is 13.6. The zero-order valence-electron chi connectivity index (χ0n) is 13.6. The van der Waals surface area contributed by atoms with Gasteiger partial charge in [0.1, 0.15) is 12.2 Å². The summed E-state index contributed by atoms with van der Waals surface area (Å²) in [5, 5.41) is 9.08. The lowest BCUT2D eigenvalue weighted by molar-refractivity contribution is -0.154. The zero-order chi connectivity index (χ0) is 18.9. The fraction of sp³-hybridized carbons (Fsp3) is 0.533. The van der Waals surface area contributed by atoms with E-state index in [0.717, 1.165) is 25.0 Å². The van der Waals surface area contributed by atoms with Crippen LogP contribution in [-0.4, -0.2) is 59.8 Å². The highest BCUT2D eigenvalue weighted by molar-refractivity contribution is 5.90. The number of carbonyl (C=O) groups is 2. The van der Waals surface area contributed by atoms with Gasteiger partial charge in [0.25, 0.3) is 0 Å². The van der Waals surface area contributed by atoms with Crippen LogP contribution in [-0.2, 0) is 4.79 Å². The van der Waals surface area contributed by atoms with Crippen LogP contribution >= 0.6 is 0 Å².